The van der Waals surface area contributed by atoms with Gasteiger partial charge >= 0.3 is 0 Å². The van der Waals surface area contributed by atoms with E-state index in [1.54, 1.807) is 18.4 Å². The number of ether oxygens (including phenoxy) is 1. The third-order valence-corrected chi connectivity index (χ3v) is 3.91. The van der Waals surface area contributed by atoms with Gasteiger partial charge in [0.1, 0.15) is 16.5 Å². The summed E-state index contributed by atoms with van der Waals surface area (Å²) < 4.78 is 7.25. The van der Waals surface area contributed by atoms with E-state index >= 15 is 0 Å². The van der Waals surface area contributed by atoms with E-state index in [1.165, 1.54) is 0 Å². The van der Waals surface area contributed by atoms with Crippen LogP contribution in [0, 0.1) is 0 Å². The van der Waals surface area contributed by atoms with Gasteiger partial charge in [-0.05, 0) is 12.1 Å². The van der Waals surface area contributed by atoms with Gasteiger partial charge in [-0.3, -0.25) is 0 Å². The maximum absolute atomic E-state index is 5.60. The number of hydrogen-bond acceptors (Lipinski definition) is 5. The molecule has 5 nitrogen and oxygen atoms in total. The molecule has 98 valence electrons. The predicted molar refractivity (Wildman–Crippen MR) is 76.3 cm³/mol. The SMILES string of the molecule is COc1ccc2c(c1)nc(-c1csc(CN)n1)n2C. The number of imidazole rings is 1. The fraction of sp³-hybridized carbons (Fsp3) is 0.231. The van der Waals surface area contributed by atoms with Crippen molar-refractivity contribution in [3.63, 3.8) is 0 Å². The summed E-state index contributed by atoms with van der Waals surface area (Å²) in [5, 5.41) is 2.90. The van der Waals surface area contributed by atoms with Crippen LogP contribution in [-0.4, -0.2) is 21.6 Å². The van der Waals surface area contributed by atoms with Gasteiger partial charge in [-0.25, -0.2) is 9.97 Å². The first-order chi connectivity index (χ1) is 9.22. The molecule has 1 aromatic carbocycles. The summed E-state index contributed by atoms with van der Waals surface area (Å²) in [4.78, 5) is 9.10. The number of benzene rings is 1. The lowest BCUT2D eigenvalue weighted by atomic mass is 10.3. The molecule has 0 aliphatic carbocycles. The molecule has 3 rings (SSSR count). The fourth-order valence-electron chi connectivity index (χ4n) is 2.04. The van der Waals surface area contributed by atoms with Crippen molar-refractivity contribution in [1.82, 2.24) is 14.5 Å². The quantitative estimate of drug-likeness (QED) is 0.795. The van der Waals surface area contributed by atoms with E-state index in [2.05, 4.69) is 9.97 Å². The molecule has 6 heteroatoms. The zero-order valence-electron chi connectivity index (χ0n) is 10.8. The van der Waals surface area contributed by atoms with Crippen molar-refractivity contribution in [3.8, 4) is 17.3 Å². The van der Waals surface area contributed by atoms with E-state index < -0.39 is 0 Å². The summed E-state index contributed by atoms with van der Waals surface area (Å²) in [7, 11) is 3.64. The number of fused-ring (bicyclic) bond motifs is 1. The molecule has 0 amide bonds. The van der Waals surface area contributed by atoms with Crippen LogP contribution >= 0.6 is 11.3 Å². The van der Waals surface area contributed by atoms with Crippen LogP contribution in [0.5, 0.6) is 5.75 Å². The number of nitrogens with two attached hydrogens (primary N) is 1. The average molecular weight is 274 g/mol. The minimum atomic E-state index is 0.461. The highest BCUT2D eigenvalue weighted by molar-refractivity contribution is 7.09. The Hall–Kier alpha value is -1.92. The van der Waals surface area contributed by atoms with Crippen molar-refractivity contribution in [2.75, 3.05) is 7.11 Å². The third-order valence-electron chi connectivity index (χ3n) is 3.04. The lowest BCUT2D eigenvalue weighted by molar-refractivity contribution is 0.415. The van der Waals surface area contributed by atoms with Gasteiger partial charge in [-0.1, -0.05) is 0 Å². The highest BCUT2D eigenvalue weighted by Gasteiger charge is 2.13. The summed E-state index contributed by atoms with van der Waals surface area (Å²) in [5.41, 5.74) is 8.42. The van der Waals surface area contributed by atoms with E-state index in [9.17, 15) is 0 Å². The largest absolute Gasteiger partial charge is 0.497 e. The molecule has 0 bridgehead atoms. The van der Waals surface area contributed by atoms with Crippen LogP contribution in [0.1, 0.15) is 5.01 Å². The molecule has 3 aromatic rings. The van der Waals surface area contributed by atoms with Crippen molar-refractivity contribution >= 4 is 22.4 Å². The number of aryl methyl sites for hydroxylation is 1. The van der Waals surface area contributed by atoms with Crippen LogP contribution in [0.25, 0.3) is 22.6 Å². The van der Waals surface area contributed by atoms with Gasteiger partial charge in [0.05, 0.1) is 18.1 Å². The van der Waals surface area contributed by atoms with Crippen LogP contribution in [0.2, 0.25) is 0 Å². The van der Waals surface area contributed by atoms with Gasteiger partial charge in [0.2, 0.25) is 0 Å². The Morgan fingerprint density at radius 1 is 1.37 bits per heavy atom. The first-order valence-corrected chi connectivity index (χ1v) is 6.76. The second kappa shape index (κ2) is 4.64. The summed E-state index contributed by atoms with van der Waals surface area (Å²) in [6.07, 6.45) is 0. The number of nitrogens with zero attached hydrogens (tertiary/aromatic N) is 3. The van der Waals surface area contributed by atoms with Crippen LogP contribution in [-0.2, 0) is 13.6 Å². The lowest BCUT2D eigenvalue weighted by Gasteiger charge is -2.00. The Kier molecular flexibility index (Phi) is 2.96. The number of aromatic nitrogens is 3. The van der Waals surface area contributed by atoms with Crippen LogP contribution in [0.15, 0.2) is 23.6 Å². The number of thiazole rings is 1. The summed E-state index contributed by atoms with van der Waals surface area (Å²) >= 11 is 1.56. The number of hydrogen-bond donors (Lipinski definition) is 1. The van der Waals surface area contributed by atoms with Gasteiger partial charge in [0.25, 0.3) is 0 Å². The standard InChI is InChI=1S/C13H14N4OS/c1-17-11-4-3-8(18-2)5-9(11)16-13(17)10-7-19-12(6-14)15-10/h3-5,7H,6,14H2,1-2H3. The van der Waals surface area contributed by atoms with Crippen LogP contribution in [0.4, 0.5) is 0 Å². The van der Waals surface area contributed by atoms with Crippen molar-refractivity contribution in [3.05, 3.63) is 28.6 Å². The topological polar surface area (TPSA) is 66.0 Å². The van der Waals surface area contributed by atoms with Crippen LogP contribution in [0.3, 0.4) is 0 Å². The normalized spacial score (nSPS) is 11.1. The van der Waals surface area contributed by atoms with E-state index in [4.69, 9.17) is 10.5 Å². The summed E-state index contributed by atoms with van der Waals surface area (Å²) in [6.45, 7) is 0.461. The molecule has 2 N–H and O–H groups in total. The molecule has 0 radical (unpaired) electrons. The molecule has 0 unspecified atom stereocenters. The molecular formula is C13H14N4OS. The van der Waals surface area contributed by atoms with Gasteiger partial charge in [0, 0.05) is 25.0 Å². The van der Waals surface area contributed by atoms with Crippen molar-refractivity contribution < 1.29 is 4.74 Å². The van der Waals surface area contributed by atoms with Crippen LogP contribution < -0.4 is 10.5 Å². The molecule has 0 aliphatic rings. The zero-order chi connectivity index (χ0) is 13.4. The van der Waals surface area contributed by atoms with E-state index in [-0.39, 0.29) is 0 Å². The lowest BCUT2D eigenvalue weighted by Crippen LogP contribution is -1.96. The molecular weight excluding hydrogens is 260 g/mol. The van der Waals surface area contributed by atoms with Gasteiger partial charge < -0.3 is 15.0 Å². The Labute approximate surface area is 114 Å². The van der Waals surface area contributed by atoms with Crippen molar-refractivity contribution in [1.29, 1.82) is 0 Å². The summed E-state index contributed by atoms with van der Waals surface area (Å²) in [6, 6.07) is 5.86. The molecule has 0 atom stereocenters. The monoisotopic (exact) mass is 274 g/mol. The Morgan fingerprint density at radius 2 is 2.21 bits per heavy atom. The van der Waals surface area contributed by atoms with Gasteiger partial charge in [-0.15, -0.1) is 11.3 Å². The Morgan fingerprint density at radius 3 is 2.89 bits per heavy atom. The zero-order valence-corrected chi connectivity index (χ0v) is 11.6. The van der Waals surface area contributed by atoms with E-state index in [0.29, 0.717) is 6.54 Å². The van der Waals surface area contributed by atoms with E-state index in [1.807, 2.05) is 35.2 Å². The highest BCUT2D eigenvalue weighted by atomic mass is 32.1. The summed E-state index contributed by atoms with van der Waals surface area (Å²) in [5.74, 6) is 1.65. The maximum Gasteiger partial charge on any atom is 0.160 e. The first kappa shape index (κ1) is 12.1. The molecule has 0 spiro atoms. The molecule has 0 fully saturated rings. The van der Waals surface area contributed by atoms with Gasteiger partial charge in [0.15, 0.2) is 5.82 Å². The molecule has 19 heavy (non-hydrogen) atoms. The minimum Gasteiger partial charge on any atom is -0.497 e. The molecule has 2 aromatic heterocycles. The number of rotatable bonds is 3. The van der Waals surface area contributed by atoms with E-state index in [0.717, 1.165) is 33.3 Å². The Balaban J connectivity index is 2.16. The van der Waals surface area contributed by atoms with Gasteiger partial charge in [-0.2, -0.15) is 0 Å². The Bertz CT molecular complexity index is 731. The maximum atomic E-state index is 5.60. The third kappa shape index (κ3) is 1.98. The number of methoxy groups -OCH3 is 1. The fourth-order valence-corrected chi connectivity index (χ4v) is 2.70. The molecule has 0 saturated heterocycles. The molecule has 2 heterocycles. The molecule has 0 aliphatic heterocycles. The van der Waals surface area contributed by atoms with Crippen molar-refractivity contribution in [2.24, 2.45) is 12.8 Å². The predicted octanol–water partition coefficient (Wildman–Crippen LogP) is 2.16. The first-order valence-electron chi connectivity index (χ1n) is 5.88. The molecule has 0 saturated carbocycles. The van der Waals surface area contributed by atoms with Crippen molar-refractivity contribution in [2.45, 2.75) is 6.54 Å². The highest BCUT2D eigenvalue weighted by Crippen LogP contribution is 2.27. The smallest absolute Gasteiger partial charge is 0.160 e. The minimum absolute atomic E-state index is 0.461. The second-order valence-corrected chi connectivity index (χ2v) is 5.12. The average Bonchev–Trinajstić information content (AvgIpc) is 3.03. The second-order valence-electron chi connectivity index (χ2n) is 4.18.